The molecule has 0 radical (unpaired) electrons. The van der Waals surface area contributed by atoms with E-state index in [2.05, 4.69) is 134 Å². The van der Waals surface area contributed by atoms with Gasteiger partial charge in [0, 0.05) is 39.9 Å². The topological polar surface area (TPSA) is 8.17 Å². The highest BCUT2D eigenvalue weighted by Crippen LogP contribution is 2.44. The largest absolute Gasteiger partial charge is 0.310 e. The fourth-order valence-electron chi connectivity index (χ4n) is 6.04. The number of benzene rings is 5. The van der Waals surface area contributed by atoms with Crippen molar-refractivity contribution in [3.05, 3.63) is 130 Å². The number of fused-ring (bicyclic) bond motifs is 5. The number of aryl methyl sites for hydroxylation is 4. The highest BCUT2D eigenvalue weighted by atomic mass is 15.2. The number of hydrogen-bond acceptors (Lipinski definition) is 1. The van der Waals surface area contributed by atoms with Crippen LogP contribution in [0.2, 0.25) is 0 Å². The van der Waals surface area contributed by atoms with Crippen molar-refractivity contribution < 1.29 is 0 Å². The van der Waals surface area contributed by atoms with Gasteiger partial charge in [0.1, 0.15) is 0 Å². The molecule has 2 heteroatoms. The third-order valence-corrected chi connectivity index (χ3v) is 7.77. The summed E-state index contributed by atoms with van der Waals surface area (Å²) in [6.45, 7) is 8.70. The fourth-order valence-corrected chi connectivity index (χ4v) is 6.04. The molecule has 0 fully saturated rings. The molecule has 0 saturated carbocycles. The Balaban J connectivity index is 1.40. The van der Waals surface area contributed by atoms with Crippen LogP contribution in [0.1, 0.15) is 33.4 Å². The second-order valence-corrected chi connectivity index (χ2v) is 10.7. The zero-order chi connectivity index (χ0) is 25.3. The van der Waals surface area contributed by atoms with Crippen molar-refractivity contribution in [1.29, 1.82) is 0 Å². The first-order valence-corrected chi connectivity index (χ1v) is 13.1. The second-order valence-electron chi connectivity index (χ2n) is 10.7. The summed E-state index contributed by atoms with van der Waals surface area (Å²) in [6.07, 6.45) is 0.975. The third-order valence-electron chi connectivity index (χ3n) is 7.77. The van der Waals surface area contributed by atoms with Crippen molar-refractivity contribution in [3.8, 4) is 5.69 Å². The van der Waals surface area contributed by atoms with Crippen molar-refractivity contribution in [1.82, 2.24) is 4.57 Å². The fraction of sp³-hybridized carbons (Fsp3) is 0.143. The monoisotopic (exact) mass is 478 g/mol. The molecular formula is C35H30N2. The predicted octanol–water partition coefficient (Wildman–Crippen LogP) is 9.39. The molecule has 6 aromatic rings. The van der Waals surface area contributed by atoms with Crippen LogP contribution in [0.4, 0.5) is 17.1 Å². The van der Waals surface area contributed by atoms with Crippen molar-refractivity contribution in [2.75, 3.05) is 4.90 Å². The molecule has 5 aromatic carbocycles. The van der Waals surface area contributed by atoms with Crippen LogP contribution in [0.3, 0.4) is 0 Å². The van der Waals surface area contributed by atoms with Crippen molar-refractivity contribution in [3.63, 3.8) is 0 Å². The molecule has 2 nitrogen and oxygen atoms in total. The lowest BCUT2D eigenvalue weighted by atomic mass is 9.92. The SMILES string of the molecule is Cc1ccc2c(c1)Cc1cc(C)ccc1N2c1ccc(-n2c3ccc(C)cc3c3cc(C)ccc32)cc1. The van der Waals surface area contributed by atoms with Crippen molar-refractivity contribution in [2.24, 2.45) is 0 Å². The van der Waals surface area contributed by atoms with E-state index in [1.807, 2.05) is 0 Å². The molecule has 0 N–H and O–H groups in total. The molecule has 0 unspecified atom stereocenters. The molecule has 1 aromatic heterocycles. The van der Waals surface area contributed by atoms with Crippen LogP contribution < -0.4 is 4.90 Å². The lowest BCUT2D eigenvalue weighted by molar-refractivity contribution is 1.07. The van der Waals surface area contributed by atoms with Crippen LogP contribution in [0.5, 0.6) is 0 Å². The molecule has 0 atom stereocenters. The second kappa shape index (κ2) is 8.11. The van der Waals surface area contributed by atoms with E-state index in [1.165, 1.54) is 77.9 Å². The molecule has 180 valence electrons. The van der Waals surface area contributed by atoms with Gasteiger partial charge in [0.05, 0.1) is 11.0 Å². The molecule has 0 spiro atoms. The summed E-state index contributed by atoms with van der Waals surface area (Å²) in [7, 11) is 0. The molecule has 7 rings (SSSR count). The summed E-state index contributed by atoms with van der Waals surface area (Å²) in [5.41, 5.74) is 15.4. The summed E-state index contributed by atoms with van der Waals surface area (Å²) < 4.78 is 2.40. The Morgan fingerprint density at radius 1 is 0.459 bits per heavy atom. The summed E-state index contributed by atoms with van der Waals surface area (Å²) in [6, 6.07) is 36.3. The van der Waals surface area contributed by atoms with Gasteiger partial charge in [-0.3, -0.25) is 0 Å². The molecule has 2 heterocycles. The molecule has 0 saturated heterocycles. The maximum absolute atomic E-state index is 2.43. The highest BCUT2D eigenvalue weighted by Gasteiger charge is 2.24. The summed E-state index contributed by atoms with van der Waals surface area (Å²) in [4.78, 5) is 2.43. The maximum Gasteiger partial charge on any atom is 0.0541 e. The third kappa shape index (κ3) is 3.48. The van der Waals surface area contributed by atoms with Crippen molar-refractivity contribution >= 4 is 38.9 Å². The number of hydrogen-bond donors (Lipinski definition) is 0. The molecular weight excluding hydrogens is 448 g/mol. The zero-order valence-electron chi connectivity index (χ0n) is 21.8. The maximum atomic E-state index is 2.43. The quantitative estimate of drug-likeness (QED) is 0.240. The number of rotatable bonds is 2. The van der Waals surface area contributed by atoms with Gasteiger partial charge < -0.3 is 9.47 Å². The van der Waals surface area contributed by atoms with E-state index in [1.54, 1.807) is 0 Å². The van der Waals surface area contributed by atoms with E-state index in [-0.39, 0.29) is 0 Å². The molecule has 0 aliphatic carbocycles. The predicted molar refractivity (Wildman–Crippen MR) is 157 cm³/mol. The molecule has 1 aliphatic heterocycles. The van der Waals surface area contributed by atoms with Gasteiger partial charge in [-0.05, 0) is 99.5 Å². The zero-order valence-corrected chi connectivity index (χ0v) is 21.8. The van der Waals surface area contributed by atoms with Gasteiger partial charge in [-0.25, -0.2) is 0 Å². The molecule has 37 heavy (non-hydrogen) atoms. The van der Waals surface area contributed by atoms with Gasteiger partial charge in [0.2, 0.25) is 0 Å². The van der Waals surface area contributed by atoms with Crippen LogP contribution in [-0.4, -0.2) is 4.57 Å². The van der Waals surface area contributed by atoms with Gasteiger partial charge in [-0.15, -0.1) is 0 Å². The van der Waals surface area contributed by atoms with E-state index >= 15 is 0 Å². The van der Waals surface area contributed by atoms with E-state index in [0.29, 0.717) is 0 Å². The smallest absolute Gasteiger partial charge is 0.0541 e. The van der Waals surface area contributed by atoms with Crippen LogP contribution in [-0.2, 0) is 6.42 Å². The first-order valence-electron chi connectivity index (χ1n) is 13.1. The minimum atomic E-state index is 0.975. The number of anilines is 3. The Bertz CT molecular complexity index is 1730. The van der Waals surface area contributed by atoms with Crippen molar-refractivity contribution in [2.45, 2.75) is 34.1 Å². The van der Waals surface area contributed by atoms with Gasteiger partial charge in [0.25, 0.3) is 0 Å². The highest BCUT2D eigenvalue weighted by molar-refractivity contribution is 6.09. The minimum Gasteiger partial charge on any atom is -0.310 e. The first-order chi connectivity index (χ1) is 18.0. The lowest BCUT2D eigenvalue weighted by Crippen LogP contribution is -2.18. The Morgan fingerprint density at radius 2 is 0.892 bits per heavy atom. The number of aromatic nitrogens is 1. The number of nitrogens with zero attached hydrogens (tertiary/aromatic N) is 2. The van der Waals surface area contributed by atoms with Crippen LogP contribution in [0.15, 0.2) is 97.1 Å². The van der Waals surface area contributed by atoms with Gasteiger partial charge in [0.15, 0.2) is 0 Å². The molecule has 1 aliphatic rings. The van der Waals surface area contributed by atoms with Gasteiger partial charge in [-0.2, -0.15) is 0 Å². The Labute approximate surface area is 218 Å². The van der Waals surface area contributed by atoms with Gasteiger partial charge in [-0.1, -0.05) is 58.7 Å². The van der Waals surface area contributed by atoms with E-state index < -0.39 is 0 Å². The first kappa shape index (κ1) is 21.9. The summed E-state index contributed by atoms with van der Waals surface area (Å²) in [5.74, 6) is 0. The molecule has 0 amide bonds. The average Bonchev–Trinajstić information content (AvgIpc) is 3.20. The summed E-state index contributed by atoms with van der Waals surface area (Å²) in [5, 5.41) is 2.62. The summed E-state index contributed by atoms with van der Waals surface area (Å²) >= 11 is 0. The van der Waals surface area contributed by atoms with Crippen LogP contribution in [0, 0.1) is 27.7 Å². The van der Waals surface area contributed by atoms with Crippen LogP contribution in [0.25, 0.3) is 27.5 Å². The van der Waals surface area contributed by atoms with Crippen LogP contribution >= 0.6 is 0 Å². The average molecular weight is 479 g/mol. The van der Waals surface area contributed by atoms with Gasteiger partial charge >= 0.3 is 0 Å². The standard InChI is InChI=1S/C35H30N2/c1-22-5-13-32-26(17-22)21-27-18-23(2)6-14-33(27)36(32)28-9-11-29(12-10-28)37-34-15-7-24(3)19-30(34)31-20-25(4)8-16-35(31)37/h5-20H,21H2,1-4H3. The van der Waals surface area contributed by atoms with E-state index in [9.17, 15) is 0 Å². The Hall–Kier alpha value is -4.30. The Morgan fingerprint density at radius 3 is 1.41 bits per heavy atom. The normalized spacial score (nSPS) is 12.7. The Kier molecular flexibility index (Phi) is 4.81. The minimum absolute atomic E-state index is 0.975. The van der Waals surface area contributed by atoms with E-state index in [0.717, 1.165) is 6.42 Å². The molecule has 0 bridgehead atoms. The van der Waals surface area contributed by atoms with E-state index in [4.69, 9.17) is 0 Å². The lowest BCUT2D eigenvalue weighted by Gasteiger charge is -2.34.